The third-order valence-electron chi connectivity index (χ3n) is 2.40. The quantitative estimate of drug-likeness (QED) is 0.438. The third kappa shape index (κ3) is 1.27. The van der Waals surface area contributed by atoms with E-state index in [0.717, 1.165) is 6.54 Å². The molecule has 2 rings (SSSR count). The smallest absolute Gasteiger partial charge is 0.0775 e. The minimum Gasteiger partial charge on any atom is -0.301 e. The van der Waals surface area contributed by atoms with Crippen LogP contribution in [0.15, 0.2) is 0 Å². The van der Waals surface area contributed by atoms with Crippen molar-refractivity contribution in [3.05, 3.63) is 0 Å². The first kappa shape index (κ1) is 7.49. The lowest BCUT2D eigenvalue weighted by atomic mass is 10.2. The SMILES string of the molecule is CC1NCCC2N[C@@H](C)NN12. The van der Waals surface area contributed by atoms with E-state index in [1.54, 1.807) is 0 Å². The fourth-order valence-electron chi connectivity index (χ4n) is 1.85. The zero-order chi connectivity index (χ0) is 7.84. The van der Waals surface area contributed by atoms with Crippen molar-refractivity contribution in [3.63, 3.8) is 0 Å². The highest BCUT2D eigenvalue weighted by Gasteiger charge is 2.33. The molecule has 3 N–H and O–H groups in total. The van der Waals surface area contributed by atoms with Crippen LogP contribution in [0.25, 0.3) is 0 Å². The van der Waals surface area contributed by atoms with E-state index in [-0.39, 0.29) is 0 Å². The highest BCUT2D eigenvalue weighted by atomic mass is 15.7. The Morgan fingerprint density at radius 3 is 2.91 bits per heavy atom. The van der Waals surface area contributed by atoms with E-state index in [1.165, 1.54) is 6.42 Å². The Morgan fingerprint density at radius 2 is 2.18 bits per heavy atom. The Morgan fingerprint density at radius 1 is 1.36 bits per heavy atom. The zero-order valence-electron chi connectivity index (χ0n) is 7.09. The van der Waals surface area contributed by atoms with Gasteiger partial charge >= 0.3 is 0 Å². The third-order valence-corrected chi connectivity index (χ3v) is 2.40. The van der Waals surface area contributed by atoms with Gasteiger partial charge in [-0.3, -0.25) is 5.32 Å². The van der Waals surface area contributed by atoms with Crippen LogP contribution in [0.2, 0.25) is 0 Å². The first-order valence-corrected chi connectivity index (χ1v) is 4.31. The molecule has 2 saturated heterocycles. The lowest BCUT2D eigenvalue weighted by molar-refractivity contribution is 0.0645. The first-order chi connectivity index (χ1) is 5.27. The number of hydrazine groups is 1. The summed E-state index contributed by atoms with van der Waals surface area (Å²) in [6, 6.07) is 0. The van der Waals surface area contributed by atoms with Gasteiger partial charge in [-0.1, -0.05) is 0 Å². The number of fused-ring (bicyclic) bond motifs is 1. The Kier molecular flexibility index (Phi) is 1.85. The Hall–Kier alpha value is -0.160. The molecule has 2 unspecified atom stereocenters. The summed E-state index contributed by atoms with van der Waals surface area (Å²) in [6.45, 7) is 5.44. The van der Waals surface area contributed by atoms with Gasteiger partial charge in [0.1, 0.15) is 0 Å². The van der Waals surface area contributed by atoms with E-state index in [2.05, 4.69) is 34.9 Å². The summed E-state index contributed by atoms with van der Waals surface area (Å²) < 4.78 is 0. The van der Waals surface area contributed by atoms with Crippen LogP contribution in [0.4, 0.5) is 0 Å². The molecule has 0 aromatic carbocycles. The van der Waals surface area contributed by atoms with E-state index in [4.69, 9.17) is 0 Å². The molecule has 4 nitrogen and oxygen atoms in total. The number of hydrogen-bond acceptors (Lipinski definition) is 4. The van der Waals surface area contributed by atoms with Crippen molar-refractivity contribution in [3.8, 4) is 0 Å². The monoisotopic (exact) mass is 156 g/mol. The first-order valence-electron chi connectivity index (χ1n) is 4.31. The Balaban J connectivity index is 2.03. The molecule has 0 saturated carbocycles. The zero-order valence-corrected chi connectivity index (χ0v) is 7.09. The molecule has 0 radical (unpaired) electrons. The van der Waals surface area contributed by atoms with Crippen molar-refractivity contribution < 1.29 is 0 Å². The van der Waals surface area contributed by atoms with Crippen molar-refractivity contribution in [1.29, 1.82) is 0 Å². The lowest BCUT2D eigenvalue weighted by Crippen LogP contribution is -2.57. The number of hydrogen-bond donors (Lipinski definition) is 3. The molecule has 0 bridgehead atoms. The van der Waals surface area contributed by atoms with Crippen molar-refractivity contribution in [1.82, 2.24) is 21.1 Å². The predicted octanol–water partition coefficient (Wildman–Crippen LogP) is -0.592. The molecule has 2 heterocycles. The van der Waals surface area contributed by atoms with Crippen LogP contribution in [-0.4, -0.2) is 30.1 Å². The van der Waals surface area contributed by atoms with Gasteiger partial charge in [-0.2, -0.15) is 0 Å². The van der Waals surface area contributed by atoms with Gasteiger partial charge in [-0.25, -0.2) is 10.4 Å². The molecule has 0 amide bonds. The molecule has 64 valence electrons. The second-order valence-corrected chi connectivity index (χ2v) is 3.36. The minimum absolute atomic E-state index is 0.419. The van der Waals surface area contributed by atoms with Crippen LogP contribution >= 0.6 is 0 Å². The summed E-state index contributed by atoms with van der Waals surface area (Å²) in [6.07, 6.45) is 2.58. The summed E-state index contributed by atoms with van der Waals surface area (Å²) in [4.78, 5) is 0. The molecule has 0 spiro atoms. The standard InChI is InChI=1S/C7H16N4/c1-5-9-7-3-4-8-6(2)11(7)10-5/h5-10H,3-4H2,1-2H3/t5-,6?,7?/m1/s1. The summed E-state index contributed by atoms with van der Waals surface area (Å²) in [5, 5.41) is 9.12. The molecule has 0 aromatic heterocycles. The van der Waals surface area contributed by atoms with Gasteiger partial charge in [0.05, 0.1) is 18.5 Å². The number of nitrogens with zero attached hydrogens (tertiary/aromatic N) is 1. The predicted molar refractivity (Wildman–Crippen MR) is 43.4 cm³/mol. The largest absolute Gasteiger partial charge is 0.301 e. The molecule has 2 fully saturated rings. The van der Waals surface area contributed by atoms with Gasteiger partial charge in [-0.15, -0.1) is 0 Å². The molecule has 11 heavy (non-hydrogen) atoms. The highest BCUT2D eigenvalue weighted by Crippen LogP contribution is 2.12. The topological polar surface area (TPSA) is 39.3 Å². The second kappa shape index (κ2) is 2.71. The average Bonchev–Trinajstić information content (AvgIpc) is 2.31. The van der Waals surface area contributed by atoms with Crippen molar-refractivity contribution in [2.45, 2.75) is 38.8 Å². The van der Waals surface area contributed by atoms with E-state index in [9.17, 15) is 0 Å². The van der Waals surface area contributed by atoms with Crippen LogP contribution in [0.3, 0.4) is 0 Å². The number of nitrogens with one attached hydrogen (secondary N) is 3. The van der Waals surface area contributed by atoms with Crippen molar-refractivity contribution in [2.24, 2.45) is 0 Å². The molecular weight excluding hydrogens is 140 g/mol. The van der Waals surface area contributed by atoms with E-state index >= 15 is 0 Å². The van der Waals surface area contributed by atoms with Crippen LogP contribution in [0, 0.1) is 0 Å². The van der Waals surface area contributed by atoms with E-state index in [1.807, 2.05) is 0 Å². The molecule has 2 aliphatic rings. The molecule has 3 atom stereocenters. The molecule has 4 heteroatoms. The maximum absolute atomic E-state index is 3.46. The Bertz CT molecular complexity index is 149. The maximum Gasteiger partial charge on any atom is 0.0775 e. The summed E-state index contributed by atoms with van der Waals surface area (Å²) in [5.74, 6) is 0. The lowest BCUT2D eigenvalue weighted by Gasteiger charge is -2.34. The molecule has 0 aliphatic carbocycles. The van der Waals surface area contributed by atoms with Crippen molar-refractivity contribution >= 4 is 0 Å². The molecule has 2 aliphatic heterocycles. The fourth-order valence-corrected chi connectivity index (χ4v) is 1.85. The van der Waals surface area contributed by atoms with Crippen LogP contribution in [0.1, 0.15) is 20.3 Å². The van der Waals surface area contributed by atoms with Crippen LogP contribution in [0.5, 0.6) is 0 Å². The van der Waals surface area contributed by atoms with E-state index < -0.39 is 0 Å². The highest BCUT2D eigenvalue weighted by molar-refractivity contribution is 4.84. The average molecular weight is 156 g/mol. The normalized spacial score (nSPS) is 45.8. The fraction of sp³-hybridized carbons (Fsp3) is 1.00. The van der Waals surface area contributed by atoms with Crippen LogP contribution in [-0.2, 0) is 0 Å². The van der Waals surface area contributed by atoms with Gasteiger partial charge in [-0.05, 0) is 26.8 Å². The number of rotatable bonds is 0. The van der Waals surface area contributed by atoms with Gasteiger partial charge in [0, 0.05) is 0 Å². The maximum atomic E-state index is 3.46. The van der Waals surface area contributed by atoms with Gasteiger partial charge in [0.2, 0.25) is 0 Å². The van der Waals surface area contributed by atoms with E-state index in [0.29, 0.717) is 18.5 Å². The summed E-state index contributed by atoms with van der Waals surface area (Å²) in [5.41, 5.74) is 3.37. The summed E-state index contributed by atoms with van der Waals surface area (Å²) in [7, 11) is 0. The van der Waals surface area contributed by atoms with Gasteiger partial charge < -0.3 is 5.32 Å². The molecular formula is C7H16N4. The Labute approximate surface area is 67.3 Å². The second-order valence-electron chi connectivity index (χ2n) is 3.36. The minimum atomic E-state index is 0.419. The van der Waals surface area contributed by atoms with Crippen LogP contribution < -0.4 is 16.1 Å². The summed E-state index contributed by atoms with van der Waals surface area (Å²) >= 11 is 0. The van der Waals surface area contributed by atoms with Crippen molar-refractivity contribution in [2.75, 3.05) is 6.54 Å². The van der Waals surface area contributed by atoms with Gasteiger partial charge in [0.25, 0.3) is 0 Å². The van der Waals surface area contributed by atoms with Gasteiger partial charge in [0.15, 0.2) is 0 Å². The molecule has 0 aromatic rings.